The van der Waals surface area contributed by atoms with Crippen molar-refractivity contribution in [2.75, 3.05) is 36.1 Å². The van der Waals surface area contributed by atoms with E-state index in [-0.39, 0.29) is 0 Å². The quantitative estimate of drug-likeness (QED) is 0.910. The van der Waals surface area contributed by atoms with Crippen molar-refractivity contribution in [1.82, 2.24) is 0 Å². The summed E-state index contributed by atoms with van der Waals surface area (Å²) in [5, 5.41) is 3.22. The van der Waals surface area contributed by atoms with Crippen LogP contribution in [0.5, 0.6) is 0 Å². The zero-order valence-electron chi connectivity index (χ0n) is 11.1. The molecule has 4 nitrogen and oxygen atoms in total. The molecule has 0 spiro atoms. The van der Waals surface area contributed by atoms with Crippen LogP contribution in [0.3, 0.4) is 0 Å². The lowest BCUT2D eigenvalue weighted by molar-refractivity contribution is 0.599. The molecule has 1 heterocycles. The Morgan fingerprint density at radius 1 is 1.39 bits per heavy atom. The Balaban J connectivity index is 2.47. The van der Waals surface area contributed by atoms with Crippen molar-refractivity contribution in [2.24, 2.45) is 5.92 Å². The molecule has 0 saturated carbocycles. The van der Waals surface area contributed by atoms with Crippen molar-refractivity contribution < 1.29 is 8.42 Å². The van der Waals surface area contributed by atoms with E-state index in [2.05, 4.69) is 24.1 Å². The van der Waals surface area contributed by atoms with Crippen LogP contribution in [0.2, 0.25) is 0 Å². The molecule has 0 aliphatic carbocycles. The van der Waals surface area contributed by atoms with Gasteiger partial charge in [0.2, 0.25) is 0 Å². The summed E-state index contributed by atoms with van der Waals surface area (Å²) in [5.74, 6) is 0.554. The van der Waals surface area contributed by atoms with Crippen molar-refractivity contribution in [1.29, 1.82) is 0 Å². The lowest BCUT2D eigenvalue weighted by atomic mass is 10.1. The summed E-state index contributed by atoms with van der Waals surface area (Å²) in [6.45, 7) is 6.98. The minimum absolute atomic E-state index is 0.397. The Morgan fingerprint density at radius 3 is 2.72 bits per heavy atom. The van der Waals surface area contributed by atoms with Crippen LogP contribution in [0.4, 0.5) is 11.4 Å². The molecular formula is C13H20N2O2S. The van der Waals surface area contributed by atoms with Gasteiger partial charge in [-0.1, -0.05) is 19.9 Å². The number of sulfone groups is 1. The molecule has 5 heteroatoms. The fraction of sp³-hybridized carbons (Fsp3) is 0.538. The summed E-state index contributed by atoms with van der Waals surface area (Å²) in [6, 6.07) is 5.47. The highest BCUT2D eigenvalue weighted by molar-refractivity contribution is 7.90. The summed E-state index contributed by atoms with van der Waals surface area (Å²) >= 11 is 0. The Bertz CT molecular complexity index is 538. The van der Waals surface area contributed by atoms with Crippen LogP contribution >= 0.6 is 0 Å². The fourth-order valence-electron chi connectivity index (χ4n) is 2.34. The number of nitrogens with one attached hydrogen (secondary N) is 1. The minimum Gasteiger partial charge on any atom is -0.381 e. The van der Waals surface area contributed by atoms with Crippen LogP contribution in [-0.4, -0.2) is 34.3 Å². The van der Waals surface area contributed by atoms with Gasteiger partial charge in [0.05, 0.1) is 16.3 Å². The second kappa shape index (κ2) is 4.80. The van der Waals surface area contributed by atoms with E-state index >= 15 is 0 Å². The largest absolute Gasteiger partial charge is 0.381 e. The van der Waals surface area contributed by atoms with Crippen molar-refractivity contribution in [3.05, 3.63) is 18.2 Å². The second-order valence-corrected chi connectivity index (χ2v) is 7.17. The SMILES string of the molecule is CC(C)CN1CCNc2c1cccc2S(C)(=O)=O. The molecule has 0 amide bonds. The molecule has 0 unspecified atom stereocenters. The number of nitrogens with zero attached hydrogens (tertiary/aromatic N) is 1. The number of hydrogen-bond acceptors (Lipinski definition) is 4. The van der Waals surface area contributed by atoms with E-state index in [1.165, 1.54) is 6.26 Å². The molecule has 1 aromatic carbocycles. The van der Waals surface area contributed by atoms with Gasteiger partial charge in [-0.3, -0.25) is 0 Å². The number of rotatable bonds is 3. The summed E-state index contributed by atoms with van der Waals surface area (Å²) in [7, 11) is -3.19. The molecule has 0 aromatic heterocycles. The monoisotopic (exact) mass is 268 g/mol. The van der Waals surface area contributed by atoms with Gasteiger partial charge in [-0.25, -0.2) is 8.42 Å². The highest BCUT2D eigenvalue weighted by Crippen LogP contribution is 2.35. The standard InChI is InChI=1S/C13H20N2O2S/c1-10(2)9-15-8-7-14-13-11(15)5-4-6-12(13)18(3,16)17/h4-6,10,14H,7-9H2,1-3H3. The normalized spacial score (nSPS) is 15.4. The van der Waals surface area contributed by atoms with Gasteiger partial charge in [-0.2, -0.15) is 0 Å². The molecule has 1 aromatic rings. The van der Waals surface area contributed by atoms with E-state index in [1.807, 2.05) is 12.1 Å². The third-order valence-corrected chi connectivity index (χ3v) is 4.15. The van der Waals surface area contributed by atoms with Crippen LogP contribution in [-0.2, 0) is 9.84 Å². The number of para-hydroxylation sites is 1. The minimum atomic E-state index is -3.19. The number of hydrogen-bond donors (Lipinski definition) is 1. The van der Waals surface area contributed by atoms with Gasteiger partial charge >= 0.3 is 0 Å². The van der Waals surface area contributed by atoms with Gasteiger partial charge in [-0.05, 0) is 18.1 Å². The molecule has 1 N–H and O–H groups in total. The van der Waals surface area contributed by atoms with Crippen LogP contribution in [0.1, 0.15) is 13.8 Å². The van der Waals surface area contributed by atoms with E-state index in [0.29, 0.717) is 10.8 Å². The molecule has 1 aliphatic rings. The summed E-state index contributed by atoms with van der Waals surface area (Å²) in [4.78, 5) is 2.65. The molecule has 0 radical (unpaired) electrons. The zero-order valence-corrected chi connectivity index (χ0v) is 11.9. The molecule has 0 fully saturated rings. The zero-order chi connectivity index (χ0) is 13.3. The maximum Gasteiger partial charge on any atom is 0.177 e. The second-order valence-electron chi connectivity index (χ2n) is 5.19. The predicted molar refractivity (Wildman–Crippen MR) is 75.1 cm³/mol. The summed E-state index contributed by atoms with van der Waals surface area (Å²) < 4.78 is 23.6. The van der Waals surface area contributed by atoms with Gasteiger partial charge in [0.1, 0.15) is 0 Å². The molecule has 0 atom stereocenters. The molecule has 100 valence electrons. The maximum atomic E-state index is 11.8. The highest BCUT2D eigenvalue weighted by atomic mass is 32.2. The maximum absolute atomic E-state index is 11.8. The van der Waals surface area contributed by atoms with Gasteiger partial charge in [0, 0.05) is 25.9 Å². The topological polar surface area (TPSA) is 49.4 Å². The molecule has 2 rings (SSSR count). The Kier molecular flexibility index (Phi) is 3.52. The van der Waals surface area contributed by atoms with Crippen LogP contribution in [0, 0.1) is 5.92 Å². The van der Waals surface area contributed by atoms with Crippen molar-refractivity contribution in [3.8, 4) is 0 Å². The number of anilines is 2. The van der Waals surface area contributed by atoms with E-state index in [1.54, 1.807) is 6.07 Å². The van der Waals surface area contributed by atoms with Crippen molar-refractivity contribution in [3.63, 3.8) is 0 Å². The fourth-order valence-corrected chi connectivity index (χ4v) is 3.21. The van der Waals surface area contributed by atoms with Gasteiger partial charge in [0.15, 0.2) is 9.84 Å². The average Bonchev–Trinajstić information content (AvgIpc) is 2.26. The van der Waals surface area contributed by atoms with Gasteiger partial charge in [0.25, 0.3) is 0 Å². The number of fused-ring (bicyclic) bond motifs is 1. The first-order valence-electron chi connectivity index (χ1n) is 6.21. The van der Waals surface area contributed by atoms with Crippen molar-refractivity contribution >= 4 is 21.2 Å². The third-order valence-electron chi connectivity index (χ3n) is 3.01. The summed E-state index contributed by atoms with van der Waals surface area (Å²) in [5.41, 5.74) is 1.75. The molecular weight excluding hydrogens is 248 g/mol. The molecule has 18 heavy (non-hydrogen) atoms. The van der Waals surface area contributed by atoms with E-state index in [0.717, 1.165) is 31.0 Å². The molecule has 1 aliphatic heterocycles. The average molecular weight is 268 g/mol. The van der Waals surface area contributed by atoms with Crippen LogP contribution in [0.15, 0.2) is 23.1 Å². The molecule has 0 bridgehead atoms. The van der Waals surface area contributed by atoms with Gasteiger partial charge in [-0.15, -0.1) is 0 Å². The summed E-state index contributed by atoms with van der Waals surface area (Å²) in [6.07, 6.45) is 1.26. The number of benzene rings is 1. The lowest BCUT2D eigenvalue weighted by Gasteiger charge is -2.34. The highest BCUT2D eigenvalue weighted by Gasteiger charge is 2.23. The first kappa shape index (κ1) is 13.2. The smallest absolute Gasteiger partial charge is 0.177 e. The van der Waals surface area contributed by atoms with E-state index in [9.17, 15) is 8.42 Å². The van der Waals surface area contributed by atoms with Crippen LogP contribution < -0.4 is 10.2 Å². The third kappa shape index (κ3) is 2.61. The lowest BCUT2D eigenvalue weighted by Crippen LogP contribution is -2.37. The molecule has 0 saturated heterocycles. The van der Waals surface area contributed by atoms with E-state index < -0.39 is 9.84 Å². The Labute approximate surface area is 109 Å². The first-order valence-corrected chi connectivity index (χ1v) is 8.10. The first-order chi connectivity index (χ1) is 8.39. The van der Waals surface area contributed by atoms with Gasteiger partial charge < -0.3 is 10.2 Å². The Hall–Kier alpha value is -1.23. The Morgan fingerprint density at radius 2 is 2.11 bits per heavy atom. The van der Waals surface area contributed by atoms with Crippen LogP contribution in [0.25, 0.3) is 0 Å². The van der Waals surface area contributed by atoms with Crippen molar-refractivity contribution in [2.45, 2.75) is 18.7 Å². The van der Waals surface area contributed by atoms with E-state index in [4.69, 9.17) is 0 Å². The predicted octanol–water partition coefficient (Wildman–Crippen LogP) is 1.98.